The van der Waals surface area contributed by atoms with Gasteiger partial charge in [-0.3, -0.25) is 0 Å². The van der Waals surface area contributed by atoms with E-state index in [-0.39, 0.29) is 5.41 Å². The van der Waals surface area contributed by atoms with E-state index in [2.05, 4.69) is 60.7 Å². The highest BCUT2D eigenvalue weighted by atomic mass is 14.7. The maximum atomic E-state index is 2.59. The third-order valence-electron chi connectivity index (χ3n) is 15.2. The number of hydrogen-bond donors (Lipinski definition) is 0. The zero-order valence-corrected chi connectivity index (χ0v) is 25.5. The van der Waals surface area contributed by atoms with Gasteiger partial charge in [-0.1, -0.05) is 86.3 Å². The van der Waals surface area contributed by atoms with Crippen LogP contribution in [0.15, 0.2) is 60.7 Å². The Labute approximate surface area is 250 Å². The van der Waals surface area contributed by atoms with Gasteiger partial charge >= 0.3 is 0 Å². The average Bonchev–Trinajstić information content (AvgIpc) is 3.63. The first-order valence-electron chi connectivity index (χ1n) is 18.4. The molecule has 218 valence electrons. The van der Waals surface area contributed by atoms with Crippen LogP contribution in [-0.4, -0.2) is 0 Å². The van der Waals surface area contributed by atoms with Crippen LogP contribution in [0.5, 0.6) is 0 Å². The van der Waals surface area contributed by atoms with Crippen LogP contribution in [0, 0.1) is 71.0 Å². The van der Waals surface area contributed by atoms with Crippen LogP contribution in [0.2, 0.25) is 0 Å². The van der Waals surface area contributed by atoms with Crippen molar-refractivity contribution in [3.05, 3.63) is 71.8 Å². The third kappa shape index (κ3) is 3.97. The maximum absolute atomic E-state index is 2.59. The lowest BCUT2D eigenvalue weighted by atomic mass is 9.49. The van der Waals surface area contributed by atoms with Crippen LogP contribution in [-0.2, 0) is 5.41 Å². The minimum Gasteiger partial charge on any atom is -0.0622 e. The van der Waals surface area contributed by atoms with Gasteiger partial charge in [0.2, 0.25) is 0 Å². The van der Waals surface area contributed by atoms with E-state index in [0.717, 1.165) is 71.0 Å². The molecule has 2 aromatic rings. The molecule has 0 aromatic heterocycles. The fourth-order valence-electron chi connectivity index (χ4n) is 14.6. The van der Waals surface area contributed by atoms with Crippen LogP contribution < -0.4 is 0 Å². The van der Waals surface area contributed by atoms with Crippen LogP contribution in [0.1, 0.15) is 114 Å². The molecule has 0 saturated heterocycles. The summed E-state index contributed by atoms with van der Waals surface area (Å²) in [7, 11) is 0. The Morgan fingerprint density at radius 1 is 0.439 bits per heavy atom. The molecule has 0 nitrogen and oxygen atoms in total. The molecule has 0 radical (unpaired) electrons. The molecule has 0 N–H and O–H groups in total. The summed E-state index contributed by atoms with van der Waals surface area (Å²) >= 11 is 0. The van der Waals surface area contributed by atoms with Gasteiger partial charge in [-0.25, -0.2) is 0 Å². The number of rotatable bonds is 5. The molecule has 10 rings (SSSR count). The summed E-state index contributed by atoms with van der Waals surface area (Å²) in [4.78, 5) is 0. The second-order valence-corrected chi connectivity index (χ2v) is 16.6. The van der Waals surface area contributed by atoms with Crippen LogP contribution in [0.25, 0.3) is 0 Å². The topological polar surface area (TPSA) is 0 Å². The van der Waals surface area contributed by atoms with E-state index in [1.807, 2.05) is 0 Å². The predicted octanol–water partition coefficient (Wildman–Crippen LogP) is 10.7. The summed E-state index contributed by atoms with van der Waals surface area (Å²) in [5.74, 6) is 12.0. The molecule has 4 bridgehead atoms. The molecule has 0 heteroatoms. The lowest BCUT2D eigenvalue weighted by Gasteiger charge is -2.56. The number of benzene rings is 2. The monoisotopic (exact) mass is 546 g/mol. The van der Waals surface area contributed by atoms with Gasteiger partial charge in [0, 0.05) is 5.41 Å². The zero-order chi connectivity index (χ0) is 27.0. The first-order valence-corrected chi connectivity index (χ1v) is 18.4. The van der Waals surface area contributed by atoms with Crippen LogP contribution in [0.4, 0.5) is 0 Å². The predicted molar refractivity (Wildman–Crippen MR) is 169 cm³/mol. The molecule has 8 fully saturated rings. The average molecular weight is 547 g/mol. The Hall–Kier alpha value is -1.56. The van der Waals surface area contributed by atoms with Gasteiger partial charge < -0.3 is 0 Å². The second kappa shape index (κ2) is 10.3. The summed E-state index contributed by atoms with van der Waals surface area (Å²) < 4.78 is 0. The Morgan fingerprint density at radius 2 is 0.927 bits per heavy atom. The van der Waals surface area contributed by atoms with Crippen molar-refractivity contribution in [1.29, 1.82) is 0 Å². The first kappa shape index (κ1) is 25.9. The van der Waals surface area contributed by atoms with E-state index in [0.29, 0.717) is 0 Å². The van der Waals surface area contributed by atoms with Crippen molar-refractivity contribution in [3.63, 3.8) is 0 Å². The van der Waals surface area contributed by atoms with Crippen molar-refractivity contribution in [2.24, 2.45) is 71.0 Å². The van der Waals surface area contributed by atoms with Gasteiger partial charge in [0.05, 0.1) is 0 Å². The lowest BCUT2D eigenvalue weighted by molar-refractivity contribution is -0.0620. The van der Waals surface area contributed by atoms with Crippen molar-refractivity contribution in [1.82, 2.24) is 0 Å². The molecule has 0 spiro atoms. The molecule has 8 aliphatic rings. The molecule has 2 aromatic carbocycles. The summed E-state index contributed by atoms with van der Waals surface area (Å²) in [5.41, 5.74) is 3.59. The summed E-state index contributed by atoms with van der Waals surface area (Å²) in [5, 5.41) is 0. The Bertz CT molecular complexity index is 1110. The maximum Gasteiger partial charge on any atom is 0.0264 e. The molecule has 0 aliphatic heterocycles. The fraction of sp³-hybridized carbons (Fsp3) is 0.707. The summed E-state index contributed by atoms with van der Waals surface area (Å²) in [6.45, 7) is 0. The van der Waals surface area contributed by atoms with Gasteiger partial charge in [-0.05, 0) is 159 Å². The van der Waals surface area contributed by atoms with Gasteiger partial charge in [0.1, 0.15) is 0 Å². The third-order valence-corrected chi connectivity index (χ3v) is 15.2. The van der Waals surface area contributed by atoms with Crippen molar-refractivity contribution < 1.29 is 0 Å². The molecule has 0 amide bonds. The highest BCUT2D eigenvalue weighted by Crippen LogP contribution is 2.68. The van der Waals surface area contributed by atoms with E-state index in [1.165, 1.54) is 70.6 Å². The van der Waals surface area contributed by atoms with Gasteiger partial charge in [-0.2, -0.15) is 0 Å². The van der Waals surface area contributed by atoms with Gasteiger partial charge in [-0.15, -0.1) is 0 Å². The van der Waals surface area contributed by atoms with Crippen LogP contribution >= 0.6 is 0 Å². The van der Waals surface area contributed by atoms with Gasteiger partial charge in [0.25, 0.3) is 0 Å². The van der Waals surface area contributed by atoms with E-state index in [4.69, 9.17) is 0 Å². The van der Waals surface area contributed by atoms with Crippen molar-refractivity contribution in [2.45, 2.75) is 108 Å². The van der Waals surface area contributed by atoms with E-state index >= 15 is 0 Å². The number of fused-ring (bicyclic) bond motifs is 3. The molecule has 0 heterocycles. The number of hydrogen-bond acceptors (Lipinski definition) is 0. The van der Waals surface area contributed by atoms with Crippen molar-refractivity contribution in [3.8, 4) is 0 Å². The molecule has 6 atom stereocenters. The Kier molecular flexibility index (Phi) is 6.49. The van der Waals surface area contributed by atoms with Gasteiger partial charge in [0.15, 0.2) is 0 Å². The first-order chi connectivity index (χ1) is 20.3. The summed E-state index contributed by atoms with van der Waals surface area (Å²) in [6.07, 6.45) is 24.5. The highest BCUT2D eigenvalue weighted by Gasteiger charge is 2.62. The highest BCUT2D eigenvalue weighted by molar-refractivity contribution is 5.43. The largest absolute Gasteiger partial charge is 0.0622 e. The molecule has 8 saturated carbocycles. The van der Waals surface area contributed by atoms with E-state index in [9.17, 15) is 0 Å². The Balaban J connectivity index is 1.17. The minimum atomic E-state index is 0.195. The molecular formula is C41H54. The van der Waals surface area contributed by atoms with Crippen molar-refractivity contribution in [2.75, 3.05) is 0 Å². The van der Waals surface area contributed by atoms with E-state index in [1.54, 1.807) is 43.2 Å². The lowest BCUT2D eigenvalue weighted by Crippen LogP contribution is -2.49. The molecular weight excluding hydrogens is 492 g/mol. The van der Waals surface area contributed by atoms with Crippen LogP contribution in [0.3, 0.4) is 0 Å². The molecule has 8 aliphatic carbocycles. The Morgan fingerprint density at radius 3 is 1.44 bits per heavy atom. The molecule has 6 unspecified atom stereocenters. The van der Waals surface area contributed by atoms with Crippen molar-refractivity contribution >= 4 is 0 Å². The smallest absolute Gasteiger partial charge is 0.0264 e. The standard InChI is InChI=1S/C41H54/c1-3-11-32(12-4-1)41(33-13-5-2-6-14-33,40-37-17-9-7-15-35(37)36-16-8-10-18-38(36)40)34-20-19-29(26-34)39-30-22-27-21-28(24-30)25-31(39)23-27/h1-6,11-14,27-31,34-40H,7-10,15-26H2. The summed E-state index contributed by atoms with van der Waals surface area (Å²) in [6, 6.07) is 24.5. The second-order valence-electron chi connectivity index (χ2n) is 16.6. The van der Waals surface area contributed by atoms with E-state index < -0.39 is 0 Å². The zero-order valence-electron chi connectivity index (χ0n) is 25.5. The normalized spacial score (nSPS) is 45.0. The molecule has 41 heavy (non-hydrogen) atoms. The quantitative estimate of drug-likeness (QED) is 0.350. The minimum absolute atomic E-state index is 0.195. The SMILES string of the molecule is c1ccc(C(c2ccccc2)(C2CCC(C3C4CC5CC(C4)CC3C5)C2)C2C3CCCCC3C3CCCCC32)cc1. The fourth-order valence-corrected chi connectivity index (χ4v) is 14.6.